The van der Waals surface area contributed by atoms with Crippen molar-refractivity contribution >= 4 is 5.91 Å². The molecule has 6 nitrogen and oxygen atoms in total. The number of hydrogen-bond donors (Lipinski definition) is 1. The van der Waals surface area contributed by atoms with Crippen molar-refractivity contribution in [2.45, 2.75) is 38.8 Å². The molecule has 6 heteroatoms. The number of rotatable bonds is 7. The molecular formula is C17H22N4O2. The Bertz CT molecular complexity index is 661. The minimum atomic E-state index is 0.0462. The molecule has 1 aliphatic rings. The van der Waals surface area contributed by atoms with E-state index < -0.39 is 0 Å². The van der Waals surface area contributed by atoms with Gasteiger partial charge in [0.25, 0.3) is 0 Å². The van der Waals surface area contributed by atoms with Crippen molar-refractivity contribution in [2.24, 2.45) is 0 Å². The quantitative estimate of drug-likeness (QED) is 0.846. The zero-order chi connectivity index (χ0) is 16.2. The standard InChI is InChI=1S/C17H22N4O2/c1-3-12-4-6-13(7-5-12)17-19-16(23-20-17)11-21(2)10-15(22)18-14-8-9-14/h4-7,14H,3,8-11H2,1-2H3,(H,18,22). The molecule has 0 radical (unpaired) electrons. The fourth-order valence-corrected chi connectivity index (χ4v) is 2.36. The van der Waals surface area contributed by atoms with Gasteiger partial charge in [-0.2, -0.15) is 4.98 Å². The monoisotopic (exact) mass is 314 g/mol. The van der Waals surface area contributed by atoms with Crippen LogP contribution in [0.15, 0.2) is 28.8 Å². The number of carbonyl (C=O) groups is 1. The van der Waals surface area contributed by atoms with Gasteiger partial charge in [0, 0.05) is 11.6 Å². The fraction of sp³-hybridized carbons (Fsp3) is 0.471. The van der Waals surface area contributed by atoms with Gasteiger partial charge in [-0.25, -0.2) is 0 Å². The van der Waals surface area contributed by atoms with Gasteiger partial charge < -0.3 is 9.84 Å². The van der Waals surface area contributed by atoms with Crippen LogP contribution in [0.25, 0.3) is 11.4 Å². The van der Waals surface area contributed by atoms with Gasteiger partial charge in [0.1, 0.15) is 0 Å². The lowest BCUT2D eigenvalue weighted by atomic mass is 10.1. The third-order valence-electron chi connectivity index (χ3n) is 3.85. The number of hydrogen-bond acceptors (Lipinski definition) is 5. The van der Waals surface area contributed by atoms with E-state index in [-0.39, 0.29) is 5.91 Å². The third-order valence-corrected chi connectivity index (χ3v) is 3.85. The molecule has 1 aliphatic carbocycles. The number of aryl methyl sites for hydroxylation is 1. The molecule has 0 spiro atoms. The average Bonchev–Trinajstić information content (AvgIpc) is 3.22. The zero-order valence-corrected chi connectivity index (χ0v) is 13.6. The van der Waals surface area contributed by atoms with Gasteiger partial charge in [0.2, 0.25) is 17.6 Å². The molecule has 0 bridgehead atoms. The van der Waals surface area contributed by atoms with Gasteiger partial charge in [-0.05, 0) is 31.9 Å². The summed E-state index contributed by atoms with van der Waals surface area (Å²) in [5.41, 5.74) is 2.21. The van der Waals surface area contributed by atoms with E-state index >= 15 is 0 Å². The Labute approximate surface area is 135 Å². The van der Waals surface area contributed by atoms with Crippen molar-refractivity contribution in [3.63, 3.8) is 0 Å². The van der Waals surface area contributed by atoms with Crippen LogP contribution in [0.3, 0.4) is 0 Å². The Morgan fingerprint density at radius 3 is 2.74 bits per heavy atom. The van der Waals surface area contributed by atoms with Gasteiger partial charge in [-0.3, -0.25) is 9.69 Å². The van der Waals surface area contributed by atoms with Crippen molar-refractivity contribution in [2.75, 3.05) is 13.6 Å². The van der Waals surface area contributed by atoms with Gasteiger partial charge in [-0.15, -0.1) is 0 Å². The van der Waals surface area contributed by atoms with Crippen LogP contribution in [0.5, 0.6) is 0 Å². The highest BCUT2D eigenvalue weighted by Gasteiger charge is 2.23. The first-order valence-electron chi connectivity index (χ1n) is 8.04. The lowest BCUT2D eigenvalue weighted by Crippen LogP contribution is -2.35. The van der Waals surface area contributed by atoms with E-state index in [4.69, 9.17) is 4.52 Å². The smallest absolute Gasteiger partial charge is 0.241 e. The summed E-state index contributed by atoms with van der Waals surface area (Å²) in [5, 5.41) is 6.98. The first-order valence-corrected chi connectivity index (χ1v) is 8.04. The molecule has 0 saturated heterocycles. The van der Waals surface area contributed by atoms with E-state index in [1.807, 2.05) is 24.1 Å². The predicted octanol–water partition coefficient (Wildman–Crippen LogP) is 2.01. The second-order valence-corrected chi connectivity index (χ2v) is 6.08. The summed E-state index contributed by atoms with van der Waals surface area (Å²) in [6, 6.07) is 8.52. The second-order valence-electron chi connectivity index (χ2n) is 6.08. The van der Waals surface area contributed by atoms with Crippen molar-refractivity contribution in [3.8, 4) is 11.4 Å². The maximum Gasteiger partial charge on any atom is 0.241 e. The molecule has 1 aromatic carbocycles. The number of benzene rings is 1. The molecule has 1 saturated carbocycles. The molecule has 3 rings (SSSR count). The topological polar surface area (TPSA) is 71.3 Å². The summed E-state index contributed by atoms with van der Waals surface area (Å²) < 4.78 is 5.29. The number of aromatic nitrogens is 2. The molecule has 122 valence electrons. The molecule has 1 aromatic heterocycles. The number of nitrogens with one attached hydrogen (secondary N) is 1. The van der Waals surface area contributed by atoms with Crippen LogP contribution in [-0.2, 0) is 17.8 Å². The van der Waals surface area contributed by atoms with Crippen LogP contribution in [0.4, 0.5) is 0 Å². The lowest BCUT2D eigenvalue weighted by molar-refractivity contribution is -0.122. The highest BCUT2D eigenvalue weighted by molar-refractivity contribution is 5.78. The summed E-state index contributed by atoms with van der Waals surface area (Å²) >= 11 is 0. The lowest BCUT2D eigenvalue weighted by Gasteiger charge is -2.13. The van der Waals surface area contributed by atoms with E-state index in [0.29, 0.717) is 30.8 Å². The molecule has 0 aliphatic heterocycles. The van der Waals surface area contributed by atoms with E-state index in [1.54, 1.807) is 0 Å². The molecule has 23 heavy (non-hydrogen) atoms. The van der Waals surface area contributed by atoms with Crippen LogP contribution in [0.2, 0.25) is 0 Å². The second kappa shape index (κ2) is 6.91. The van der Waals surface area contributed by atoms with Crippen LogP contribution < -0.4 is 5.32 Å². The number of amides is 1. The van der Waals surface area contributed by atoms with Gasteiger partial charge in [0.15, 0.2) is 0 Å². The fourth-order valence-electron chi connectivity index (χ4n) is 2.36. The van der Waals surface area contributed by atoms with E-state index in [0.717, 1.165) is 24.8 Å². The van der Waals surface area contributed by atoms with Crippen molar-refractivity contribution in [1.29, 1.82) is 0 Å². The van der Waals surface area contributed by atoms with Crippen LogP contribution in [-0.4, -0.2) is 40.6 Å². The molecule has 2 aromatic rings. The Balaban J connectivity index is 1.56. The van der Waals surface area contributed by atoms with E-state index in [9.17, 15) is 4.79 Å². The molecule has 1 heterocycles. The third kappa shape index (κ3) is 4.39. The highest BCUT2D eigenvalue weighted by Crippen LogP contribution is 2.19. The van der Waals surface area contributed by atoms with Gasteiger partial charge in [0.05, 0.1) is 13.1 Å². The van der Waals surface area contributed by atoms with Crippen molar-refractivity contribution in [1.82, 2.24) is 20.4 Å². The summed E-state index contributed by atoms with van der Waals surface area (Å²) in [7, 11) is 1.87. The van der Waals surface area contributed by atoms with Crippen LogP contribution >= 0.6 is 0 Å². The highest BCUT2D eigenvalue weighted by atomic mass is 16.5. The number of nitrogens with zero attached hydrogens (tertiary/aromatic N) is 3. The maximum absolute atomic E-state index is 11.8. The molecular weight excluding hydrogens is 292 g/mol. The maximum atomic E-state index is 11.8. The first kappa shape index (κ1) is 15.7. The van der Waals surface area contributed by atoms with Gasteiger partial charge >= 0.3 is 0 Å². The summed E-state index contributed by atoms with van der Waals surface area (Å²) in [4.78, 5) is 18.0. The summed E-state index contributed by atoms with van der Waals surface area (Å²) in [6.45, 7) is 2.91. The van der Waals surface area contributed by atoms with Crippen LogP contribution in [0, 0.1) is 0 Å². The Morgan fingerprint density at radius 2 is 2.09 bits per heavy atom. The molecule has 1 N–H and O–H groups in total. The van der Waals surface area contributed by atoms with E-state index in [2.05, 4.69) is 34.5 Å². The van der Waals surface area contributed by atoms with Crippen molar-refractivity contribution in [3.05, 3.63) is 35.7 Å². The Hall–Kier alpha value is -2.21. The van der Waals surface area contributed by atoms with Crippen LogP contribution in [0.1, 0.15) is 31.2 Å². The Kier molecular flexibility index (Phi) is 4.71. The Morgan fingerprint density at radius 1 is 1.35 bits per heavy atom. The first-order chi connectivity index (χ1) is 11.1. The minimum Gasteiger partial charge on any atom is -0.352 e. The SMILES string of the molecule is CCc1ccc(-c2noc(CN(C)CC(=O)NC3CC3)n2)cc1. The molecule has 0 atom stereocenters. The molecule has 1 amide bonds. The predicted molar refractivity (Wildman–Crippen MR) is 86.6 cm³/mol. The van der Waals surface area contributed by atoms with Crippen molar-refractivity contribution < 1.29 is 9.32 Å². The molecule has 0 unspecified atom stereocenters. The zero-order valence-electron chi connectivity index (χ0n) is 13.6. The normalized spacial score (nSPS) is 14.2. The average molecular weight is 314 g/mol. The van der Waals surface area contributed by atoms with Gasteiger partial charge in [-0.1, -0.05) is 36.3 Å². The largest absolute Gasteiger partial charge is 0.352 e. The molecule has 1 fully saturated rings. The summed E-state index contributed by atoms with van der Waals surface area (Å²) in [6.07, 6.45) is 3.20. The van der Waals surface area contributed by atoms with E-state index in [1.165, 1.54) is 5.56 Å². The summed E-state index contributed by atoms with van der Waals surface area (Å²) in [5.74, 6) is 1.14. The number of carbonyl (C=O) groups excluding carboxylic acids is 1. The minimum absolute atomic E-state index is 0.0462. The number of likely N-dealkylation sites (N-methyl/N-ethyl adjacent to an activating group) is 1.